The Bertz CT molecular complexity index is 982. The van der Waals surface area contributed by atoms with Crippen molar-refractivity contribution in [1.82, 2.24) is 24.8 Å². The highest BCUT2D eigenvalue weighted by atomic mass is 16.5. The van der Waals surface area contributed by atoms with E-state index in [0.717, 1.165) is 35.8 Å². The molecule has 1 aromatic carbocycles. The predicted octanol–water partition coefficient (Wildman–Crippen LogP) is 1.20. The van der Waals surface area contributed by atoms with Gasteiger partial charge in [-0.3, -0.25) is 4.79 Å². The lowest BCUT2D eigenvalue weighted by Gasteiger charge is -2.28. The van der Waals surface area contributed by atoms with E-state index < -0.39 is 0 Å². The van der Waals surface area contributed by atoms with E-state index >= 15 is 0 Å². The van der Waals surface area contributed by atoms with E-state index in [2.05, 4.69) is 30.5 Å². The van der Waals surface area contributed by atoms with Crippen molar-refractivity contribution in [3.63, 3.8) is 0 Å². The Kier molecular flexibility index (Phi) is 5.85. The molecule has 1 fully saturated rings. The Labute approximate surface area is 169 Å². The maximum atomic E-state index is 12.2. The van der Waals surface area contributed by atoms with Crippen molar-refractivity contribution in [3.05, 3.63) is 42.5 Å². The zero-order valence-electron chi connectivity index (χ0n) is 16.5. The van der Waals surface area contributed by atoms with Crippen LogP contribution in [0.1, 0.15) is 5.82 Å². The molecule has 4 rings (SSSR count). The van der Waals surface area contributed by atoms with Gasteiger partial charge in [0, 0.05) is 32.2 Å². The highest BCUT2D eigenvalue weighted by Gasteiger charge is 2.14. The summed E-state index contributed by atoms with van der Waals surface area (Å²) in [6.07, 6.45) is 1.69. The van der Waals surface area contributed by atoms with Gasteiger partial charge in [-0.05, 0) is 19.1 Å². The summed E-state index contributed by atoms with van der Waals surface area (Å²) in [4.78, 5) is 27.7. The molecule has 1 aliphatic heterocycles. The van der Waals surface area contributed by atoms with Crippen molar-refractivity contribution < 1.29 is 9.53 Å². The topological polar surface area (TPSA) is 97.2 Å². The number of aromatic nitrogens is 4. The van der Waals surface area contributed by atoms with E-state index in [4.69, 9.17) is 4.74 Å². The van der Waals surface area contributed by atoms with Crippen molar-refractivity contribution in [1.29, 1.82) is 0 Å². The quantitative estimate of drug-likeness (QED) is 0.580. The summed E-state index contributed by atoms with van der Waals surface area (Å²) < 4.78 is 7.25. The van der Waals surface area contributed by atoms with Crippen LogP contribution in [0, 0.1) is 6.92 Å². The van der Waals surface area contributed by atoms with Gasteiger partial charge in [0.05, 0.1) is 30.6 Å². The number of hydrogen-bond donors (Lipinski definition) is 2. The van der Waals surface area contributed by atoms with Gasteiger partial charge in [-0.15, -0.1) is 0 Å². The minimum absolute atomic E-state index is 0.0529. The first kappa shape index (κ1) is 19.1. The van der Waals surface area contributed by atoms with Gasteiger partial charge in [0.1, 0.15) is 24.0 Å². The third-order valence-corrected chi connectivity index (χ3v) is 4.75. The van der Waals surface area contributed by atoms with Crippen LogP contribution in [0.15, 0.2) is 36.7 Å². The molecule has 0 bridgehead atoms. The van der Waals surface area contributed by atoms with Gasteiger partial charge >= 0.3 is 0 Å². The van der Waals surface area contributed by atoms with Crippen molar-refractivity contribution in [2.24, 2.45) is 0 Å². The summed E-state index contributed by atoms with van der Waals surface area (Å²) in [7, 11) is 0. The van der Waals surface area contributed by atoms with Crippen LogP contribution >= 0.6 is 0 Å². The average Bonchev–Trinajstić information content (AvgIpc) is 3.14. The Balaban J connectivity index is 1.27. The molecule has 0 aliphatic carbocycles. The number of anilines is 2. The fourth-order valence-corrected chi connectivity index (χ4v) is 3.34. The molecule has 1 aliphatic rings. The highest BCUT2D eigenvalue weighted by molar-refractivity contribution is 5.80. The number of aryl methyl sites for hydroxylation is 1. The molecule has 9 heteroatoms. The molecule has 0 spiro atoms. The molecular weight excluding hydrogens is 370 g/mol. The number of hydrogen-bond acceptors (Lipinski definition) is 7. The van der Waals surface area contributed by atoms with Crippen LogP contribution in [0.3, 0.4) is 0 Å². The molecule has 1 saturated heterocycles. The van der Waals surface area contributed by atoms with Crippen molar-refractivity contribution in [2.75, 3.05) is 49.6 Å². The molecule has 3 heterocycles. The minimum Gasteiger partial charge on any atom is -0.378 e. The smallest absolute Gasteiger partial charge is 0.240 e. The summed E-state index contributed by atoms with van der Waals surface area (Å²) in [5, 5.41) is 6.19. The van der Waals surface area contributed by atoms with E-state index in [1.54, 1.807) is 6.33 Å². The molecule has 0 saturated carbocycles. The molecule has 152 valence electrons. The van der Waals surface area contributed by atoms with Gasteiger partial charge < -0.3 is 24.8 Å². The number of ether oxygens (including phenoxy) is 1. The molecule has 9 nitrogen and oxygen atoms in total. The number of benzene rings is 1. The van der Waals surface area contributed by atoms with Gasteiger partial charge in [-0.2, -0.15) is 0 Å². The number of carbonyl (C=O) groups excluding carboxylic acids is 1. The molecule has 1 amide bonds. The summed E-state index contributed by atoms with van der Waals surface area (Å²) in [5.41, 5.74) is 1.84. The van der Waals surface area contributed by atoms with E-state index in [1.807, 2.05) is 41.8 Å². The molecular formula is C20H25N7O2. The normalized spacial score (nSPS) is 14.2. The first-order chi connectivity index (χ1) is 14.2. The van der Waals surface area contributed by atoms with Crippen LogP contribution in [-0.2, 0) is 16.1 Å². The third-order valence-electron chi connectivity index (χ3n) is 4.75. The number of amides is 1. The van der Waals surface area contributed by atoms with Crippen LogP contribution < -0.4 is 15.5 Å². The summed E-state index contributed by atoms with van der Waals surface area (Å²) >= 11 is 0. The number of carbonyl (C=O) groups is 1. The number of fused-ring (bicyclic) bond motifs is 1. The second-order valence-corrected chi connectivity index (χ2v) is 6.90. The summed E-state index contributed by atoms with van der Waals surface area (Å²) in [5.74, 6) is 2.32. The summed E-state index contributed by atoms with van der Waals surface area (Å²) in [6, 6.07) is 9.71. The zero-order chi connectivity index (χ0) is 20.1. The fraction of sp³-hybridized carbons (Fsp3) is 0.400. The second kappa shape index (κ2) is 8.87. The molecule has 2 aromatic heterocycles. The standard InChI is InChI=1S/C20H25N7O2/c1-15-24-18(12-19(25-15)26-8-10-29-11-9-26)21-6-7-22-20(28)13-27-14-23-16-4-2-3-5-17(16)27/h2-5,12,14H,6-11,13H2,1H3,(H,22,28)(H,21,24,25). The monoisotopic (exact) mass is 395 g/mol. The van der Waals surface area contributed by atoms with Gasteiger partial charge in [-0.1, -0.05) is 12.1 Å². The molecule has 2 N–H and O–H groups in total. The summed E-state index contributed by atoms with van der Waals surface area (Å²) in [6.45, 7) is 6.29. The largest absolute Gasteiger partial charge is 0.378 e. The number of para-hydroxylation sites is 2. The minimum atomic E-state index is -0.0529. The first-order valence-corrected chi connectivity index (χ1v) is 9.78. The van der Waals surface area contributed by atoms with Crippen LogP contribution in [0.5, 0.6) is 0 Å². The Morgan fingerprint density at radius 2 is 2.00 bits per heavy atom. The van der Waals surface area contributed by atoms with Crippen molar-refractivity contribution in [3.8, 4) is 0 Å². The molecule has 0 unspecified atom stereocenters. The lowest BCUT2D eigenvalue weighted by molar-refractivity contribution is -0.121. The van der Waals surface area contributed by atoms with Crippen LogP contribution in [0.4, 0.5) is 11.6 Å². The van der Waals surface area contributed by atoms with E-state index in [-0.39, 0.29) is 12.5 Å². The number of nitrogens with zero attached hydrogens (tertiary/aromatic N) is 5. The number of nitrogens with one attached hydrogen (secondary N) is 2. The van der Waals surface area contributed by atoms with Crippen molar-refractivity contribution >= 4 is 28.6 Å². The SMILES string of the molecule is Cc1nc(NCCNC(=O)Cn2cnc3ccccc32)cc(N2CCOCC2)n1. The lowest BCUT2D eigenvalue weighted by atomic mass is 10.3. The fourth-order valence-electron chi connectivity index (χ4n) is 3.34. The van der Waals surface area contributed by atoms with Crippen LogP contribution in [-0.4, -0.2) is 64.8 Å². The second-order valence-electron chi connectivity index (χ2n) is 6.90. The Morgan fingerprint density at radius 3 is 2.86 bits per heavy atom. The molecule has 0 radical (unpaired) electrons. The van der Waals surface area contributed by atoms with Gasteiger partial charge in [0.2, 0.25) is 5.91 Å². The zero-order valence-corrected chi connectivity index (χ0v) is 16.5. The van der Waals surface area contributed by atoms with Gasteiger partial charge in [0.15, 0.2) is 0 Å². The highest BCUT2D eigenvalue weighted by Crippen LogP contribution is 2.17. The number of rotatable bonds is 7. The number of imidazole rings is 1. The lowest BCUT2D eigenvalue weighted by Crippen LogP contribution is -2.37. The predicted molar refractivity (Wildman–Crippen MR) is 111 cm³/mol. The first-order valence-electron chi connectivity index (χ1n) is 9.78. The van der Waals surface area contributed by atoms with Crippen LogP contribution in [0.2, 0.25) is 0 Å². The van der Waals surface area contributed by atoms with Crippen LogP contribution in [0.25, 0.3) is 11.0 Å². The third kappa shape index (κ3) is 4.80. The molecule has 0 atom stereocenters. The van der Waals surface area contributed by atoms with Crippen molar-refractivity contribution in [2.45, 2.75) is 13.5 Å². The number of morpholine rings is 1. The van der Waals surface area contributed by atoms with E-state index in [1.165, 1.54) is 0 Å². The Hall–Kier alpha value is -3.20. The maximum absolute atomic E-state index is 12.2. The van der Waals surface area contributed by atoms with E-state index in [0.29, 0.717) is 32.1 Å². The molecule has 3 aromatic rings. The van der Waals surface area contributed by atoms with Gasteiger partial charge in [0.25, 0.3) is 0 Å². The average molecular weight is 395 g/mol. The van der Waals surface area contributed by atoms with E-state index in [9.17, 15) is 4.79 Å². The van der Waals surface area contributed by atoms with Gasteiger partial charge in [-0.25, -0.2) is 15.0 Å². The molecule has 29 heavy (non-hydrogen) atoms. The maximum Gasteiger partial charge on any atom is 0.240 e. The Morgan fingerprint density at radius 1 is 1.17 bits per heavy atom.